The van der Waals surface area contributed by atoms with E-state index in [1.54, 1.807) is 11.3 Å². The molecular formula is C14H17NOS. The van der Waals surface area contributed by atoms with Gasteiger partial charge in [0.25, 0.3) is 0 Å². The molecule has 2 nitrogen and oxygen atoms in total. The standard InChI is InChI=1S/C14H17NOS/c1-11-2-4-12(5-3-11)6-7-13(16)8-14-9-15-10-17-14/h2-5,9-10,13,16H,6-8H2,1H3. The van der Waals surface area contributed by atoms with Gasteiger partial charge < -0.3 is 5.11 Å². The van der Waals surface area contributed by atoms with E-state index in [1.165, 1.54) is 11.1 Å². The molecule has 0 fully saturated rings. The lowest BCUT2D eigenvalue weighted by Gasteiger charge is -2.09. The van der Waals surface area contributed by atoms with Crippen molar-refractivity contribution in [1.29, 1.82) is 0 Å². The van der Waals surface area contributed by atoms with Gasteiger partial charge in [0.1, 0.15) is 0 Å². The number of hydrogen-bond acceptors (Lipinski definition) is 3. The Bertz CT molecular complexity index is 436. The predicted molar refractivity (Wildman–Crippen MR) is 71.3 cm³/mol. The van der Waals surface area contributed by atoms with Crippen molar-refractivity contribution in [2.45, 2.75) is 32.3 Å². The summed E-state index contributed by atoms with van der Waals surface area (Å²) < 4.78 is 0. The van der Waals surface area contributed by atoms with Crippen LogP contribution >= 0.6 is 11.3 Å². The summed E-state index contributed by atoms with van der Waals surface area (Å²) in [5.41, 5.74) is 4.38. The second-order valence-electron chi connectivity index (χ2n) is 4.35. The number of rotatable bonds is 5. The highest BCUT2D eigenvalue weighted by Gasteiger charge is 2.07. The summed E-state index contributed by atoms with van der Waals surface area (Å²) in [7, 11) is 0. The first-order valence-electron chi connectivity index (χ1n) is 5.85. The van der Waals surface area contributed by atoms with Crippen molar-refractivity contribution in [3.05, 3.63) is 52.0 Å². The third kappa shape index (κ3) is 3.95. The largest absolute Gasteiger partial charge is 0.393 e. The van der Waals surface area contributed by atoms with Crippen LogP contribution in [0.3, 0.4) is 0 Å². The van der Waals surface area contributed by atoms with E-state index in [-0.39, 0.29) is 6.10 Å². The van der Waals surface area contributed by atoms with Crippen LogP contribution in [-0.4, -0.2) is 16.2 Å². The third-order valence-corrected chi connectivity index (χ3v) is 3.61. The zero-order valence-corrected chi connectivity index (χ0v) is 10.8. The van der Waals surface area contributed by atoms with Crippen molar-refractivity contribution in [2.75, 3.05) is 0 Å². The van der Waals surface area contributed by atoms with Gasteiger partial charge >= 0.3 is 0 Å². The summed E-state index contributed by atoms with van der Waals surface area (Å²) >= 11 is 1.60. The molecule has 0 saturated heterocycles. The van der Waals surface area contributed by atoms with Crippen molar-refractivity contribution in [1.82, 2.24) is 4.98 Å². The van der Waals surface area contributed by atoms with Gasteiger partial charge in [0.15, 0.2) is 0 Å². The Balaban J connectivity index is 1.79. The summed E-state index contributed by atoms with van der Waals surface area (Å²) in [5.74, 6) is 0. The molecule has 0 saturated carbocycles. The Labute approximate surface area is 106 Å². The van der Waals surface area contributed by atoms with Gasteiger partial charge in [-0.3, -0.25) is 4.98 Å². The highest BCUT2D eigenvalue weighted by Crippen LogP contribution is 2.13. The molecule has 3 heteroatoms. The maximum atomic E-state index is 9.92. The number of hydrogen-bond donors (Lipinski definition) is 1. The molecule has 0 spiro atoms. The van der Waals surface area contributed by atoms with E-state index >= 15 is 0 Å². The van der Waals surface area contributed by atoms with E-state index < -0.39 is 0 Å². The van der Waals surface area contributed by atoms with Crippen LogP contribution < -0.4 is 0 Å². The molecule has 1 atom stereocenters. The minimum absolute atomic E-state index is 0.267. The number of nitrogens with zero attached hydrogens (tertiary/aromatic N) is 1. The topological polar surface area (TPSA) is 33.1 Å². The molecule has 2 aromatic rings. The summed E-state index contributed by atoms with van der Waals surface area (Å²) in [6.45, 7) is 2.09. The molecule has 1 aromatic carbocycles. The summed E-state index contributed by atoms with van der Waals surface area (Å²) in [5, 5.41) is 9.92. The summed E-state index contributed by atoms with van der Waals surface area (Å²) in [6.07, 6.45) is 4.02. The Hall–Kier alpha value is -1.19. The Morgan fingerprint density at radius 3 is 2.71 bits per heavy atom. The van der Waals surface area contributed by atoms with Crippen molar-refractivity contribution in [2.24, 2.45) is 0 Å². The zero-order chi connectivity index (χ0) is 12.1. The molecule has 2 rings (SSSR count). The van der Waals surface area contributed by atoms with Gasteiger partial charge in [-0.2, -0.15) is 0 Å². The van der Waals surface area contributed by atoms with Crippen LogP contribution in [0, 0.1) is 6.92 Å². The van der Waals surface area contributed by atoms with E-state index in [0.29, 0.717) is 0 Å². The predicted octanol–water partition coefficient (Wildman–Crippen LogP) is 2.99. The van der Waals surface area contributed by atoms with E-state index in [2.05, 4.69) is 36.2 Å². The third-order valence-electron chi connectivity index (χ3n) is 2.81. The van der Waals surface area contributed by atoms with Gasteiger partial charge in [0.2, 0.25) is 0 Å². The molecule has 90 valence electrons. The van der Waals surface area contributed by atoms with Gasteiger partial charge in [-0.1, -0.05) is 29.8 Å². The lowest BCUT2D eigenvalue weighted by Crippen LogP contribution is -2.10. The number of aryl methyl sites for hydroxylation is 2. The number of aliphatic hydroxyl groups excluding tert-OH is 1. The lowest BCUT2D eigenvalue weighted by atomic mass is 10.0. The van der Waals surface area contributed by atoms with E-state index in [1.807, 2.05) is 11.7 Å². The van der Waals surface area contributed by atoms with Gasteiger partial charge in [-0.05, 0) is 25.3 Å². The minimum Gasteiger partial charge on any atom is -0.393 e. The Morgan fingerprint density at radius 2 is 2.06 bits per heavy atom. The first-order chi connectivity index (χ1) is 8.24. The lowest BCUT2D eigenvalue weighted by molar-refractivity contribution is 0.166. The van der Waals surface area contributed by atoms with Gasteiger partial charge in [-0.25, -0.2) is 0 Å². The molecule has 0 radical (unpaired) electrons. The SMILES string of the molecule is Cc1ccc(CCC(O)Cc2cncs2)cc1. The summed E-state index contributed by atoms with van der Waals surface area (Å²) in [4.78, 5) is 5.16. The molecule has 0 aliphatic rings. The van der Waals surface area contributed by atoms with Crippen LogP contribution in [0.2, 0.25) is 0 Å². The van der Waals surface area contributed by atoms with Crippen molar-refractivity contribution >= 4 is 11.3 Å². The number of thiazole rings is 1. The fourth-order valence-electron chi connectivity index (χ4n) is 1.77. The monoisotopic (exact) mass is 247 g/mol. The van der Waals surface area contributed by atoms with E-state index in [9.17, 15) is 5.11 Å². The highest BCUT2D eigenvalue weighted by molar-refractivity contribution is 7.09. The normalized spacial score (nSPS) is 12.6. The molecule has 1 N–H and O–H groups in total. The molecular weight excluding hydrogens is 230 g/mol. The maximum absolute atomic E-state index is 9.92. The van der Waals surface area contributed by atoms with Gasteiger partial charge in [-0.15, -0.1) is 11.3 Å². The first kappa shape index (κ1) is 12.3. The molecule has 17 heavy (non-hydrogen) atoms. The number of aromatic nitrogens is 1. The van der Waals surface area contributed by atoms with Crippen LogP contribution in [0.4, 0.5) is 0 Å². The second kappa shape index (κ2) is 5.94. The Kier molecular flexibility index (Phi) is 4.29. The quantitative estimate of drug-likeness (QED) is 0.881. The molecule has 1 aromatic heterocycles. The van der Waals surface area contributed by atoms with Crippen molar-refractivity contribution in [3.8, 4) is 0 Å². The zero-order valence-electron chi connectivity index (χ0n) is 9.97. The van der Waals surface area contributed by atoms with Crippen molar-refractivity contribution < 1.29 is 5.11 Å². The van der Waals surface area contributed by atoms with E-state index in [4.69, 9.17) is 0 Å². The second-order valence-corrected chi connectivity index (χ2v) is 5.32. The molecule has 0 bridgehead atoms. The number of aliphatic hydroxyl groups is 1. The number of benzene rings is 1. The average molecular weight is 247 g/mol. The van der Waals surface area contributed by atoms with Crippen LogP contribution in [0.25, 0.3) is 0 Å². The first-order valence-corrected chi connectivity index (χ1v) is 6.73. The van der Waals surface area contributed by atoms with Crippen LogP contribution in [0.15, 0.2) is 36.0 Å². The van der Waals surface area contributed by atoms with Gasteiger partial charge in [0, 0.05) is 17.5 Å². The molecule has 0 aliphatic carbocycles. The smallest absolute Gasteiger partial charge is 0.0794 e. The average Bonchev–Trinajstić information content (AvgIpc) is 2.81. The molecule has 1 unspecified atom stereocenters. The van der Waals surface area contributed by atoms with Crippen LogP contribution in [0.1, 0.15) is 22.4 Å². The van der Waals surface area contributed by atoms with Gasteiger partial charge in [0.05, 0.1) is 11.6 Å². The highest BCUT2D eigenvalue weighted by atomic mass is 32.1. The van der Waals surface area contributed by atoms with Crippen LogP contribution in [0.5, 0.6) is 0 Å². The Morgan fingerprint density at radius 1 is 1.29 bits per heavy atom. The van der Waals surface area contributed by atoms with E-state index in [0.717, 1.165) is 24.1 Å². The molecule has 1 heterocycles. The fraction of sp³-hybridized carbons (Fsp3) is 0.357. The summed E-state index contributed by atoms with van der Waals surface area (Å²) in [6, 6.07) is 8.50. The maximum Gasteiger partial charge on any atom is 0.0794 e. The van der Waals surface area contributed by atoms with Crippen molar-refractivity contribution in [3.63, 3.8) is 0 Å². The minimum atomic E-state index is -0.267. The van der Waals surface area contributed by atoms with Crippen LogP contribution in [-0.2, 0) is 12.8 Å². The molecule has 0 aliphatic heterocycles. The molecule has 0 amide bonds. The fourth-order valence-corrected chi connectivity index (χ4v) is 2.43.